The molecule has 0 spiro atoms. The Morgan fingerprint density at radius 3 is 2.55 bits per heavy atom. The van der Waals surface area contributed by atoms with Crippen LogP contribution in [0.1, 0.15) is 12.0 Å². The summed E-state index contributed by atoms with van der Waals surface area (Å²) in [7, 11) is -2.43. The van der Waals surface area contributed by atoms with Gasteiger partial charge in [-0.1, -0.05) is 17.7 Å². The Bertz CT molecular complexity index is 538. The van der Waals surface area contributed by atoms with Crippen molar-refractivity contribution in [1.29, 1.82) is 0 Å². The molecule has 1 aromatic rings. The highest BCUT2D eigenvalue weighted by Gasteiger charge is 2.39. The number of hydrogen-bond acceptors (Lipinski definition) is 6. The van der Waals surface area contributed by atoms with Gasteiger partial charge in [-0.2, -0.15) is 8.42 Å². The second-order valence-corrected chi connectivity index (χ2v) is 6.23. The fraction of sp³-hybridized carbons (Fsp3) is 0.538. The molecule has 6 nitrogen and oxygen atoms in total. The van der Waals surface area contributed by atoms with Crippen LogP contribution in [-0.4, -0.2) is 45.7 Å². The molecule has 0 saturated carbocycles. The van der Waals surface area contributed by atoms with E-state index >= 15 is 0 Å². The number of methoxy groups -OCH3 is 1. The Morgan fingerprint density at radius 1 is 1.35 bits per heavy atom. The van der Waals surface area contributed by atoms with Gasteiger partial charge in [0.05, 0.1) is 11.5 Å². The second kappa shape index (κ2) is 6.19. The van der Waals surface area contributed by atoms with Crippen molar-refractivity contribution < 1.29 is 27.2 Å². The Labute approximate surface area is 118 Å². The lowest BCUT2D eigenvalue weighted by Crippen LogP contribution is -2.30. The van der Waals surface area contributed by atoms with Crippen LogP contribution in [0.2, 0.25) is 0 Å². The molecule has 7 heteroatoms. The van der Waals surface area contributed by atoms with Gasteiger partial charge < -0.3 is 14.6 Å². The Balaban J connectivity index is 2.13. The number of aliphatic hydroxyl groups is 1. The van der Waals surface area contributed by atoms with Gasteiger partial charge in [-0.05, 0) is 19.1 Å². The van der Waals surface area contributed by atoms with Crippen LogP contribution in [0, 0.1) is 6.92 Å². The smallest absolute Gasteiger partial charge is 0.297 e. The van der Waals surface area contributed by atoms with Crippen molar-refractivity contribution in [2.24, 2.45) is 0 Å². The quantitative estimate of drug-likeness (QED) is 0.811. The first kappa shape index (κ1) is 15.4. The summed E-state index contributed by atoms with van der Waals surface area (Å²) in [6.45, 7) is 1.54. The molecule has 1 saturated heterocycles. The summed E-state index contributed by atoms with van der Waals surface area (Å²) in [6.07, 6.45) is -1.77. The molecular formula is C13H18O6S. The summed E-state index contributed by atoms with van der Waals surface area (Å²) in [5, 5.41) is 9.20. The third-order valence-electron chi connectivity index (χ3n) is 3.17. The third kappa shape index (κ3) is 3.36. The minimum atomic E-state index is -3.88. The van der Waals surface area contributed by atoms with E-state index in [2.05, 4.69) is 0 Å². The minimum absolute atomic E-state index is 0.0839. The number of rotatable bonds is 5. The summed E-state index contributed by atoms with van der Waals surface area (Å²) in [4.78, 5) is 0.0839. The zero-order valence-electron chi connectivity index (χ0n) is 11.4. The molecule has 0 radical (unpaired) electrons. The summed E-state index contributed by atoms with van der Waals surface area (Å²) >= 11 is 0. The van der Waals surface area contributed by atoms with E-state index in [-0.39, 0.29) is 17.9 Å². The van der Waals surface area contributed by atoms with E-state index in [1.54, 1.807) is 12.1 Å². The molecule has 0 amide bonds. The Hall–Kier alpha value is -0.990. The van der Waals surface area contributed by atoms with E-state index in [1.807, 2.05) is 6.92 Å². The van der Waals surface area contributed by atoms with Crippen molar-refractivity contribution in [1.82, 2.24) is 0 Å². The second-order valence-electron chi connectivity index (χ2n) is 4.66. The molecule has 0 unspecified atom stereocenters. The van der Waals surface area contributed by atoms with E-state index in [0.717, 1.165) is 5.56 Å². The fourth-order valence-electron chi connectivity index (χ4n) is 2.02. The minimum Gasteiger partial charge on any atom is -0.394 e. The van der Waals surface area contributed by atoms with Gasteiger partial charge in [0, 0.05) is 13.5 Å². The summed E-state index contributed by atoms with van der Waals surface area (Å²) < 4.78 is 39.8. The van der Waals surface area contributed by atoms with Gasteiger partial charge in [0.15, 0.2) is 6.29 Å². The lowest BCUT2D eigenvalue weighted by atomic mass is 10.2. The number of hydrogen-bond donors (Lipinski definition) is 1. The molecule has 20 heavy (non-hydrogen) atoms. The first-order valence-electron chi connectivity index (χ1n) is 6.25. The van der Waals surface area contributed by atoms with Crippen molar-refractivity contribution >= 4 is 10.1 Å². The van der Waals surface area contributed by atoms with E-state index in [1.165, 1.54) is 19.2 Å². The lowest BCUT2D eigenvalue weighted by molar-refractivity contribution is -0.126. The van der Waals surface area contributed by atoms with Crippen molar-refractivity contribution in [3.63, 3.8) is 0 Å². The predicted octanol–water partition coefficient (Wildman–Crippen LogP) is 0.823. The average Bonchev–Trinajstić information content (AvgIpc) is 2.80. The molecule has 0 aliphatic carbocycles. The summed E-state index contributed by atoms with van der Waals surface area (Å²) in [6, 6.07) is 6.37. The molecule has 1 heterocycles. The highest BCUT2D eigenvalue weighted by atomic mass is 32.2. The summed E-state index contributed by atoms with van der Waals surface area (Å²) in [5.41, 5.74) is 0.959. The van der Waals surface area contributed by atoms with E-state index < -0.39 is 28.6 Å². The van der Waals surface area contributed by atoms with Gasteiger partial charge in [0.2, 0.25) is 0 Å². The van der Waals surface area contributed by atoms with Crippen LogP contribution in [0.4, 0.5) is 0 Å². The van der Waals surface area contributed by atoms with Gasteiger partial charge in [0.1, 0.15) is 12.2 Å². The molecule has 3 atom stereocenters. The molecule has 0 bridgehead atoms. The number of benzene rings is 1. The van der Waals surface area contributed by atoms with E-state index in [4.69, 9.17) is 13.7 Å². The molecule has 1 aliphatic heterocycles. The molecule has 112 valence electrons. The molecule has 1 aromatic carbocycles. The first-order valence-corrected chi connectivity index (χ1v) is 7.66. The normalized spacial score (nSPS) is 26.9. The van der Waals surface area contributed by atoms with Crippen LogP contribution in [0.5, 0.6) is 0 Å². The van der Waals surface area contributed by atoms with Crippen LogP contribution in [0.3, 0.4) is 0 Å². The van der Waals surface area contributed by atoms with Crippen LogP contribution in [0.15, 0.2) is 29.2 Å². The molecule has 1 N–H and O–H groups in total. The van der Waals surface area contributed by atoms with Gasteiger partial charge in [-0.3, -0.25) is 4.18 Å². The lowest BCUT2D eigenvalue weighted by Gasteiger charge is -2.16. The van der Waals surface area contributed by atoms with E-state index in [0.29, 0.717) is 0 Å². The van der Waals surface area contributed by atoms with Crippen LogP contribution in [0.25, 0.3) is 0 Å². The average molecular weight is 302 g/mol. The molecule has 0 aromatic heterocycles. The Morgan fingerprint density at radius 2 is 2.00 bits per heavy atom. The highest BCUT2D eigenvalue weighted by molar-refractivity contribution is 7.86. The predicted molar refractivity (Wildman–Crippen MR) is 70.6 cm³/mol. The maximum atomic E-state index is 12.2. The largest absolute Gasteiger partial charge is 0.394 e. The summed E-state index contributed by atoms with van der Waals surface area (Å²) in [5.74, 6) is 0. The monoisotopic (exact) mass is 302 g/mol. The van der Waals surface area contributed by atoms with Crippen LogP contribution in [-0.2, 0) is 23.8 Å². The van der Waals surface area contributed by atoms with Crippen molar-refractivity contribution in [3.8, 4) is 0 Å². The molecule has 1 fully saturated rings. The van der Waals surface area contributed by atoms with Crippen molar-refractivity contribution in [3.05, 3.63) is 29.8 Å². The zero-order valence-corrected chi connectivity index (χ0v) is 12.2. The number of aliphatic hydroxyl groups excluding tert-OH is 1. The van der Waals surface area contributed by atoms with Gasteiger partial charge >= 0.3 is 0 Å². The van der Waals surface area contributed by atoms with Gasteiger partial charge in [0.25, 0.3) is 10.1 Å². The zero-order chi connectivity index (χ0) is 14.8. The van der Waals surface area contributed by atoms with Crippen LogP contribution < -0.4 is 0 Å². The number of ether oxygens (including phenoxy) is 2. The molecule has 1 aliphatic rings. The highest BCUT2D eigenvalue weighted by Crippen LogP contribution is 2.27. The topological polar surface area (TPSA) is 82.1 Å². The van der Waals surface area contributed by atoms with Crippen molar-refractivity contribution in [2.75, 3.05) is 13.7 Å². The van der Waals surface area contributed by atoms with Crippen LogP contribution >= 0.6 is 0 Å². The maximum absolute atomic E-state index is 12.2. The maximum Gasteiger partial charge on any atom is 0.297 e. The molecular weight excluding hydrogens is 284 g/mol. The first-order chi connectivity index (χ1) is 9.46. The SMILES string of the molecule is CO[C@@H]1C[C@H](OS(=O)(=O)c2ccc(C)cc2)[C@@H](CO)O1. The third-order valence-corrected chi connectivity index (χ3v) is 4.52. The van der Waals surface area contributed by atoms with E-state index in [9.17, 15) is 13.5 Å². The van der Waals surface area contributed by atoms with Gasteiger partial charge in [-0.15, -0.1) is 0 Å². The fourth-order valence-corrected chi connectivity index (χ4v) is 3.12. The molecule has 2 rings (SSSR count). The standard InChI is InChI=1S/C13H18O6S/c1-9-3-5-10(6-4-9)20(15,16)19-11-7-13(17-2)18-12(11)8-14/h3-6,11-14H,7-8H2,1-2H3/t11-,12+,13-/m0/s1. The Kier molecular flexibility index (Phi) is 4.77. The van der Waals surface area contributed by atoms with Crippen molar-refractivity contribution in [2.45, 2.75) is 36.7 Å². The van der Waals surface area contributed by atoms with Gasteiger partial charge in [-0.25, -0.2) is 0 Å². The number of aryl methyl sites for hydroxylation is 1.